The van der Waals surface area contributed by atoms with Crippen molar-refractivity contribution in [2.45, 2.75) is 13.0 Å². The minimum absolute atomic E-state index is 0.184. The van der Waals surface area contributed by atoms with Gasteiger partial charge < -0.3 is 19.5 Å². The zero-order valence-electron chi connectivity index (χ0n) is 14.0. The number of nitrogens with zero attached hydrogens (tertiary/aromatic N) is 1. The Balaban J connectivity index is 1.57. The largest absolute Gasteiger partial charge is 0.489 e. The molecule has 3 rings (SSSR count). The first-order valence-electron chi connectivity index (χ1n) is 8.14. The first-order chi connectivity index (χ1) is 12.7. The monoisotopic (exact) mass is 372 g/mol. The quantitative estimate of drug-likeness (QED) is 0.872. The molecule has 0 spiro atoms. The molecule has 7 heteroatoms. The van der Waals surface area contributed by atoms with Crippen molar-refractivity contribution in [3.05, 3.63) is 52.5 Å². The zero-order valence-corrected chi connectivity index (χ0v) is 14.7. The van der Waals surface area contributed by atoms with E-state index in [4.69, 9.17) is 31.1 Å². The molecular weight excluding hydrogens is 356 g/mol. The molecule has 6 nitrogen and oxygen atoms in total. The number of amides is 1. The summed E-state index contributed by atoms with van der Waals surface area (Å²) in [5.74, 6) is 1.19. The van der Waals surface area contributed by atoms with Gasteiger partial charge in [0.1, 0.15) is 11.8 Å². The summed E-state index contributed by atoms with van der Waals surface area (Å²) in [6, 6.07) is 12.3. The van der Waals surface area contributed by atoms with E-state index in [2.05, 4.69) is 5.32 Å². The van der Waals surface area contributed by atoms with Crippen molar-refractivity contribution in [1.29, 1.82) is 5.26 Å². The number of halogens is 1. The Morgan fingerprint density at radius 2 is 2.08 bits per heavy atom. The van der Waals surface area contributed by atoms with Crippen LogP contribution in [0.4, 0.5) is 0 Å². The van der Waals surface area contributed by atoms with Gasteiger partial charge in [0, 0.05) is 13.0 Å². The van der Waals surface area contributed by atoms with Crippen molar-refractivity contribution in [3.8, 4) is 23.3 Å². The third-order valence-corrected chi connectivity index (χ3v) is 4.00. The Bertz CT molecular complexity index is 848. The van der Waals surface area contributed by atoms with Crippen LogP contribution >= 0.6 is 11.6 Å². The van der Waals surface area contributed by atoms with E-state index in [0.717, 1.165) is 12.0 Å². The Kier molecular flexibility index (Phi) is 5.82. The lowest BCUT2D eigenvalue weighted by Crippen LogP contribution is -2.28. The summed E-state index contributed by atoms with van der Waals surface area (Å²) >= 11 is 6.24. The molecule has 0 fully saturated rings. The molecule has 0 saturated carbocycles. The van der Waals surface area contributed by atoms with Crippen LogP contribution in [0.25, 0.3) is 0 Å². The average molecular weight is 373 g/mol. The maximum atomic E-state index is 12.0. The molecule has 0 saturated heterocycles. The standard InChI is InChI=1S/C19H17ClN2O4/c20-15-8-13(9-17-19(15)25-7-3-6-24-17)11-22-18(23)12-26-16-5-2-1-4-14(16)10-21/h1-2,4-5,8-9H,3,6-7,11-12H2,(H,22,23). The molecule has 0 bridgehead atoms. The summed E-state index contributed by atoms with van der Waals surface area (Å²) in [5.41, 5.74) is 1.18. The molecule has 0 atom stereocenters. The smallest absolute Gasteiger partial charge is 0.258 e. The molecule has 0 radical (unpaired) electrons. The summed E-state index contributed by atoms with van der Waals surface area (Å²) in [6.45, 7) is 1.21. The molecule has 1 amide bonds. The van der Waals surface area contributed by atoms with Crippen LogP contribution in [-0.2, 0) is 11.3 Å². The minimum atomic E-state index is -0.305. The van der Waals surface area contributed by atoms with Gasteiger partial charge >= 0.3 is 0 Å². The topological polar surface area (TPSA) is 80.6 Å². The number of ether oxygens (including phenoxy) is 3. The number of rotatable bonds is 5. The maximum absolute atomic E-state index is 12.0. The van der Waals surface area contributed by atoms with E-state index in [1.807, 2.05) is 6.07 Å². The molecule has 1 heterocycles. The third kappa shape index (κ3) is 4.38. The Labute approximate surface area is 156 Å². The van der Waals surface area contributed by atoms with Crippen molar-refractivity contribution in [2.24, 2.45) is 0 Å². The fraction of sp³-hybridized carbons (Fsp3) is 0.263. The molecule has 1 N–H and O–H groups in total. The Morgan fingerprint density at radius 3 is 2.92 bits per heavy atom. The average Bonchev–Trinajstić information content (AvgIpc) is 2.91. The SMILES string of the molecule is N#Cc1ccccc1OCC(=O)NCc1cc(Cl)c2c(c1)OCCCO2. The predicted molar refractivity (Wildman–Crippen MR) is 95.6 cm³/mol. The van der Waals surface area contributed by atoms with E-state index in [1.54, 1.807) is 36.4 Å². The number of para-hydroxylation sites is 1. The molecule has 0 aromatic heterocycles. The van der Waals surface area contributed by atoms with Crippen LogP contribution in [0.3, 0.4) is 0 Å². The van der Waals surface area contributed by atoms with E-state index in [-0.39, 0.29) is 19.1 Å². The molecule has 1 aliphatic rings. The number of hydrogen-bond donors (Lipinski definition) is 1. The van der Waals surface area contributed by atoms with E-state index < -0.39 is 0 Å². The molecule has 0 aliphatic carbocycles. The highest BCUT2D eigenvalue weighted by Crippen LogP contribution is 2.37. The Morgan fingerprint density at radius 1 is 1.27 bits per heavy atom. The van der Waals surface area contributed by atoms with Gasteiger partial charge in [0.25, 0.3) is 5.91 Å². The van der Waals surface area contributed by atoms with Crippen LogP contribution in [-0.4, -0.2) is 25.7 Å². The van der Waals surface area contributed by atoms with Gasteiger partial charge in [-0.3, -0.25) is 4.79 Å². The lowest BCUT2D eigenvalue weighted by molar-refractivity contribution is -0.123. The number of nitriles is 1. The second-order valence-electron chi connectivity index (χ2n) is 5.63. The molecule has 2 aromatic rings. The van der Waals surface area contributed by atoms with Crippen LogP contribution in [0.1, 0.15) is 17.5 Å². The van der Waals surface area contributed by atoms with Crippen LogP contribution in [0.5, 0.6) is 17.2 Å². The minimum Gasteiger partial charge on any atom is -0.489 e. The number of benzene rings is 2. The summed E-state index contributed by atoms with van der Waals surface area (Å²) in [5, 5.41) is 12.2. The summed E-state index contributed by atoms with van der Waals surface area (Å²) < 4.78 is 16.6. The molecule has 2 aromatic carbocycles. The zero-order chi connectivity index (χ0) is 18.4. The highest BCUT2D eigenvalue weighted by molar-refractivity contribution is 6.32. The summed E-state index contributed by atoms with van der Waals surface area (Å²) in [4.78, 5) is 12.0. The van der Waals surface area contributed by atoms with Crippen LogP contribution in [0.15, 0.2) is 36.4 Å². The Hall–Kier alpha value is -2.91. The van der Waals surface area contributed by atoms with Crippen molar-refractivity contribution in [2.75, 3.05) is 19.8 Å². The summed E-state index contributed by atoms with van der Waals surface area (Å²) in [6.07, 6.45) is 0.790. The maximum Gasteiger partial charge on any atom is 0.258 e. The molecule has 134 valence electrons. The van der Waals surface area contributed by atoms with Crippen molar-refractivity contribution >= 4 is 17.5 Å². The van der Waals surface area contributed by atoms with Crippen molar-refractivity contribution < 1.29 is 19.0 Å². The lowest BCUT2D eigenvalue weighted by atomic mass is 10.2. The van der Waals surface area contributed by atoms with E-state index in [1.165, 1.54) is 0 Å². The highest BCUT2D eigenvalue weighted by atomic mass is 35.5. The molecule has 26 heavy (non-hydrogen) atoms. The molecular formula is C19H17ClN2O4. The van der Waals surface area contributed by atoms with Crippen LogP contribution < -0.4 is 19.5 Å². The number of nitrogens with one attached hydrogen (secondary N) is 1. The fourth-order valence-corrected chi connectivity index (χ4v) is 2.75. The van der Waals surface area contributed by atoms with Gasteiger partial charge in [-0.05, 0) is 29.8 Å². The number of hydrogen-bond acceptors (Lipinski definition) is 5. The van der Waals surface area contributed by atoms with Gasteiger partial charge in [-0.1, -0.05) is 23.7 Å². The second kappa shape index (κ2) is 8.45. The molecule has 1 aliphatic heterocycles. The predicted octanol–water partition coefficient (Wildman–Crippen LogP) is 3.07. The fourth-order valence-electron chi connectivity index (χ4n) is 2.47. The van der Waals surface area contributed by atoms with Gasteiger partial charge in [-0.25, -0.2) is 0 Å². The van der Waals surface area contributed by atoms with Gasteiger partial charge in [-0.2, -0.15) is 5.26 Å². The van der Waals surface area contributed by atoms with E-state index in [9.17, 15) is 4.79 Å². The number of carbonyl (C=O) groups is 1. The molecule has 0 unspecified atom stereocenters. The van der Waals surface area contributed by atoms with Crippen LogP contribution in [0.2, 0.25) is 5.02 Å². The third-order valence-electron chi connectivity index (χ3n) is 3.72. The number of carbonyl (C=O) groups excluding carboxylic acids is 1. The van der Waals surface area contributed by atoms with Gasteiger partial charge in [-0.15, -0.1) is 0 Å². The van der Waals surface area contributed by atoms with Crippen molar-refractivity contribution in [1.82, 2.24) is 5.32 Å². The van der Waals surface area contributed by atoms with E-state index in [0.29, 0.717) is 41.0 Å². The van der Waals surface area contributed by atoms with Crippen LogP contribution in [0, 0.1) is 11.3 Å². The number of fused-ring (bicyclic) bond motifs is 1. The van der Waals surface area contributed by atoms with Crippen molar-refractivity contribution in [3.63, 3.8) is 0 Å². The first kappa shape index (κ1) is 17.9. The summed E-state index contributed by atoms with van der Waals surface area (Å²) in [7, 11) is 0. The second-order valence-corrected chi connectivity index (χ2v) is 6.04. The van der Waals surface area contributed by atoms with Gasteiger partial charge in [0.2, 0.25) is 0 Å². The van der Waals surface area contributed by atoms with Gasteiger partial charge in [0.05, 0.1) is 23.8 Å². The normalized spacial score (nSPS) is 12.6. The lowest BCUT2D eigenvalue weighted by Gasteiger charge is -2.12. The van der Waals surface area contributed by atoms with Gasteiger partial charge in [0.15, 0.2) is 18.1 Å². The van der Waals surface area contributed by atoms with E-state index >= 15 is 0 Å². The first-order valence-corrected chi connectivity index (χ1v) is 8.52. The highest BCUT2D eigenvalue weighted by Gasteiger charge is 2.16.